The summed E-state index contributed by atoms with van der Waals surface area (Å²) in [7, 11) is 0. The van der Waals surface area contributed by atoms with Gasteiger partial charge in [0.15, 0.2) is 0 Å². The summed E-state index contributed by atoms with van der Waals surface area (Å²) in [6, 6.07) is 17.8. The summed E-state index contributed by atoms with van der Waals surface area (Å²) in [5.41, 5.74) is 4.85. The molecule has 0 saturated carbocycles. The van der Waals surface area contributed by atoms with Crippen LogP contribution in [0.25, 0.3) is 0 Å². The fraction of sp³-hybridized carbons (Fsp3) is 0.136. The van der Waals surface area contributed by atoms with Gasteiger partial charge in [0.1, 0.15) is 18.2 Å². The van der Waals surface area contributed by atoms with E-state index >= 15 is 0 Å². The van der Waals surface area contributed by atoms with Gasteiger partial charge in [-0.1, -0.05) is 35.9 Å². The average molecular weight is 368 g/mol. The van der Waals surface area contributed by atoms with E-state index in [1.54, 1.807) is 24.4 Å². The summed E-state index contributed by atoms with van der Waals surface area (Å²) in [5.74, 6) is 0.411. The molecule has 0 saturated heterocycles. The van der Waals surface area contributed by atoms with E-state index in [-0.39, 0.29) is 5.82 Å². The number of halogens is 2. The molecule has 0 N–H and O–H groups in total. The van der Waals surface area contributed by atoms with Gasteiger partial charge in [0, 0.05) is 16.8 Å². The maximum atomic E-state index is 13.0. The Bertz CT molecular complexity index is 935. The maximum Gasteiger partial charge on any atom is 0.128 e. The maximum absolute atomic E-state index is 13.0. The fourth-order valence-electron chi connectivity index (χ4n) is 2.49. The summed E-state index contributed by atoms with van der Waals surface area (Å²) < 4.78 is 18.9. The first-order chi connectivity index (χ1) is 12.5. The number of rotatable bonds is 5. The Morgan fingerprint density at radius 1 is 1.00 bits per heavy atom. The van der Waals surface area contributed by atoms with E-state index in [1.165, 1.54) is 12.1 Å². The standard InChI is InChI=1S/C22H19ClFNO/c1-15-3-4-16(2)21(11-15)25-13-18-12-19(23)7-10-22(18)26-14-17-5-8-20(24)9-6-17/h3-13H,14H2,1-2H3. The molecule has 0 fully saturated rings. The van der Waals surface area contributed by atoms with Crippen molar-refractivity contribution in [1.29, 1.82) is 0 Å². The Morgan fingerprint density at radius 3 is 2.54 bits per heavy atom. The van der Waals surface area contributed by atoms with Crippen LogP contribution in [0.1, 0.15) is 22.3 Å². The largest absolute Gasteiger partial charge is 0.488 e. The van der Waals surface area contributed by atoms with Gasteiger partial charge >= 0.3 is 0 Å². The van der Waals surface area contributed by atoms with E-state index < -0.39 is 0 Å². The predicted molar refractivity (Wildman–Crippen MR) is 105 cm³/mol. The minimum absolute atomic E-state index is 0.262. The SMILES string of the molecule is Cc1ccc(C)c(N=Cc2cc(Cl)ccc2OCc2ccc(F)cc2)c1. The quantitative estimate of drug-likeness (QED) is 0.476. The van der Waals surface area contributed by atoms with Gasteiger partial charge in [-0.15, -0.1) is 0 Å². The topological polar surface area (TPSA) is 21.6 Å². The lowest BCUT2D eigenvalue weighted by atomic mass is 10.1. The van der Waals surface area contributed by atoms with Crippen LogP contribution in [0.15, 0.2) is 65.7 Å². The van der Waals surface area contributed by atoms with E-state index in [2.05, 4.69) is 11.1 Å². The highest BCUT2D eigenvalue weighted by atomic mass is 35.5. The van der Waals surface area contributed by atoms with Crippen LogP contribution in [0.4, 0.5) is 10.1 Å². The summed E-state index contributed by atoms with van der Waals surface area (Å²) in [6.45, 7) is 4.40. The summed E-state index contributed by atoms with van der Waals surface area (Å²) >= 11 is 6.13. The average Bonchev–Trinajstić information content (AvgIpc) is 2.63. The van der Waals surface area contributed by atoms with Crippen LogP contribution in [0, 0.1) is 19.7 Å². The molecule has 3 aromatic rings. The zero-order valence-corrected chi connectivity index (χ0v) is 15.4. The number of hydrogen-bond donors (Lipinski definition) is 0. The van der Waals surface area contributed by atoms with Gasteiger partial charge in [0.25, 0.3) is 0 Å². The van der Waals surface area contributed by atoms with E-state index in [1.807, 2.05) is 38.1 Å². The molecule has 0 bridgehead atoms. The van der Waals surface area contributed by atoms with Crippen LogP contribution in [0.5, 0.6) is 5.75 Å². The summed E-state index contributed by atoms with van der Waals surface area (Å²) in [6.07, 6.45) is 1.76. The van der Waals surface area contributed by atoms with E-state index in [4.69, 9.17) is 16.3 Å². The molecule has 0 spiro atoms. The highest BCUT2D eigenvalue weighted by Crippen LogP contribution is 2.25. The number of benzene rings is 3. The van der Waals surface area contributed by atoms with E-state index in [9.17, 15) is 4.39 Å². The molecule has 0 unspecified atom stereocenters. The molecule has 0 radical (unpaired) electrons. The second-order valence-corrected chi connectivity index (χ2v) is 6.58. The first kappa shape index (κ1) is 18.2. The minimum atomic E-state index is -0.262. The molecule has 0 amide bonds. The number of aliphatic imine (C=N–C) groups is 1. The van der Waals surface area contributed by atoms with Crippen molar-refractivity contribution in [3.05, 3.63) is 93.8 Å². The number of aryl methyl sites for hydroxylation is 2. The Kier molecular flexibility index (Phi) is 5.69. The molecule has 0 heterocycles. The normalized spacial score (nSPS) is 11.1. The van der Waals surface area contributed by atoms with Gasteiger partial charge < -0.3 is 4.74 Å². The third-order valence-electron chi connectivity index (χ3n) is 3.99. The highest BCUT2D eigenvalue weighted by molar-refractivity contribution is 6.30. The molecule has 3 aromatic carbocycles. The van der Waals surface area contributed by atoms with E-state index in [0.29, 0.717) is 17.4 Å². The van der Waals surface area contributed by atoms with E-state index in [0.717, 1.165) is 27.9 Å². The van der Waals surface area contributed by atoms with Crippen LogP contribution < -0.4 is 4.74 Å². The van der Waals surface area contributed by atoms with Gasteiger partial charge in [-0.25, -0.2) is 4.39 Å². The smallest absolute Gasteiger partial charge is 0.128 e. The second-order valence-electron chi connectivity index (χ2n) is 6.15. The van der Waals surface area contributed by atoms with Crippen molar-refractivity contribution >= 4 is 23.5 Å². The summed E-state index contributed by atoms with van der Waals surface area (Å²) in [5, 5.41) is 0.613. The van der Waals surface area contributed by atoms with Crippen molar-refractivity contribution in [1.82, 2.24) is 0 Å². The molecule has 3 rings (SSSR count). The molecule has 4 heteroatoms. The van der Waals surface area contributed by atoms with Gasteiger partial charge in [-0.3, -0.25) is 4.99 Å². The Hall–Kier alpha value is -2.65. The number of ether oxygens (including phenoxy) is 1. The molecule has 0 aliphatic carbocycles. The Labute approximate surface area is 157 Å². The lowest BCUT2D eigenvalue weighted by Crippen LogP contribution is -1.98. The van der Waals surface area contributed by atoms with Crippen LogP contribution in [-0.2, 0) is 6.61 Å². The minimum Gasteiger partial charge on any atom is -0.488 e. The van der Waals surface area contributed by atoms with Gasteiger partial charge in [0.2, 0.25) is 0 Å². The molecule has 0 aromatic heterocycles. The third-order valence-corrected chi connectivity index (χ3v) is 4.22. The van der Waals surface area contributed by atoms with Crippen LogP contribution >= 0.6 is 11.6 Å². The lowest BCUT2D eigenvalue weighted by molar-refractivity contribution is 0.305. The van der Waals surface area contributed by atoms with Crippen molar-refractivity contribution in [2.24, 2.45) is 4.99 Å². The molecule has 0 atom stereocenters. The molecule has 26 heavy (non-hydrogen) atoms. The van der Waals surface area contributed by atoms with Crippen molar-refractivity contribution in [2.45, 2.75) is 20.5 Å². The fourth-order valence-corrected chi connectivity index (χ4v) is 2.67. The lowest BCUT2D eigenvalue weighted by Gasteiger charge is -2.10. The number of nitrogens with zero attached hydrogens (tertiary/aromatic N) is 1. The van der Waals surface area contributed by atoms with Crippen LogP contribution in [0.2, 0.25) is 5.02 Å². The first-order valence-corrected chi connectivity index (χ1v) is 8.67. The molecule has 132 valence electrons. The molecule has 2 nitrogen and oxygen atoms in total. The van der Waals surface area contributed by atoms with Crippen molar-refractivity contribution in [2.75, 3.05) is 0 Å². The molecule has 0 aliphatic heterocycles. The van der Waals surface area contributed by atoms with Gasteiger partial charge in [0.05, 0.1) is 5.69 Å². The third kappa shape index (κ3) is 4.70. The Morgan fingerprint density at radius 2 is 1.77 bits per heavy atom. The van der Waals surface area contributed by atoms with Crippen LogP contribution in [0.3, 0.4) is 0 Å². The highest BCUT2D eigenvalue weighted by Gasteiger charge is 2.05. The van der Waals surface area contributed by atoms with Crippen molar-refractivity contribution < 1.29 is 9.13 Å². The number of hydrogen-bond acceptors (Lipinski definition) is 2. The zero-order valence-electron chi connectivity index (χ0n) is 14.7. The predicted octanol–water partition coefficient (Wildman–Crippen LogP) is 6.43. The summed E-state index contributed by atoms with van der Waals surface area (Å²) in [4.78, 5) is 4.59. The Balaban J connectivity index is 1.82. The van der Waals surface area contributed by atoms with Gasteiger partial charge in [-0.2, -0.15) is 0 Å². The van der Waals surface area contributed by atoms with Crippen molar-refractivity contribution in [3.63, 3.8) is 0 Å². The van der Waals surface area contributed by atoms with Crippen molar-refractivity contribution in [3.8, 4) is 5.75 Å². The molecular weight excluding hydrogens is 349 g/mol. The molecular formula is C22H19ClFNO. The first-order valence-electron chi connectivity index (χ1n) is 8.29. The zero-order chi connectivity index (χ0) is 18.5. The monoisotopic (exact) mass is 367 g/mol. The second kappa shape index (κ2) is 8.15. The molecule has 0 aliphatic rings. The van der Waals surface area contributed by atoms with Crippen LogP contribution in [-0.4, -0.2) is 6.21 Å². The van der Waals surface area contributed by atoms with Gasteiger partial charge in [-0.05, 0) is 66.9 Å².